The lowest BCUT2D eigenvalue weighted by atomic mass is 10.1. The molecule has 4 aromatic rings. The lowest BCUT2D eigenvalue weighted by Crippen LogP contribution is -2.21. The summed E-state index contributed by atoms with van der Waals surface area (Å²) in [5.41, 5.74) is 8.29. The van der Waals surface area contributed by atoms with Gasteiger partial charge in [0.05, 0.1) is 22.4 Å². The SMILES string of the molecule is CCN(CC)c1ccc(/C=C/c2nc3ccccc3nc2/C=C/c2ccc(N(CC)CC)cc2)cc1. The van der Waals surface area contributed by atoms with Crippen molar-refractivity contribution in [2.45, 2.75) is 27.7 Å². The Morgan fingerprint density at radius 2 is 0.861 bits per heavy atom. The van der Waals surface area contributed by atoms with Crippen molar-refractivity contribution >= 4 is 46.7 Å². The molecule has 0 bridgehead atoms. The highest BCUT2D eigenvalue weighted by Crippen LogP contribution is 2.21. The van der Waals surface area contributed by atoms with Gasteiger partial charge in [0, 0.05) is 37.6 Å². The molecule has 1 heterocycles. The van der Waals surface area contributed by atoms with Gasteiger partial charge in [-0.3, -0.25) is 0 Å². The van der Waals surface area contributed by atoms with Crippen LogP contribution in [0.1, 0.15) is 50.2 Å². The number of nitrogens with zero attached hydrogens (tertiary/aromatic N) is 4. The van der Waals surface area contributed by atoms with Gasteiger partial charge < -0.3 is 9.80 Å². The number of para-hydroxylation sites is 2. The van der Waals surface area contributed by atoms with E-state index >= 15 is 0 Å². The van der Waals surface area contributed by atoms with Crippen LogP contribution in [-0.4, -0.2) is 36.1 Å². The zero-order valence-corrected chi connectivity index (χ0v) is 21.9. The van der Waals surface area contributed by atoms with Crippen LogP contribution in [-0.2, 0) is 0 Å². The molecule has 3 aromatic carbocycles. The van der Waals surface area contributed by atoms with Crippen LogP contribution in [0, 0.1) is 0 Å². The maximum Gasteiger partial charge on any atom is 0.0894 e. The predicted molar refractivity (Wildman–Crippen MR) is 157 cm³/mol. The first kappa shape index (κ1) is 25.2. The summed E-state index contributed by atoms with van der Waals surface area (Å²) < 4.78 is 0. The van der Waals surface area contributed by atoms with E-state index in [0.717, 1.165) is 59.7 Å². The maximum atomic E-state index is 4.92. The highest BCUT2D eigenvalue weighted by molar-refractivity contribution is 5.83. The Kier molecular flexibility index (Phi) is 8.51. The van der Waals surface area contributed by atoms with Crippen LogP contribution in [0.5, 0.6) is 0 Å². The summed E-state index contributed by atoms with van der Waals surface area (Å²) in [6, 6.07) is 25.4. The van der Waals surface area contributed by atoms with E-state index in [1.165, 1.54) is 11.4 Å². The summed E-state index contributed by atoms with van der Waals surface area (Å²) in [5, 5.41) is 0. The average molecular weight is 477 g/mol. The van der Waals surface area contributed by atoms with E-state index in [9.17, 15) is 0 Å². The van der Waals surface area contributed by atoms with E-state index in [-0.39, 0.29) is 0 Å². The number of hydrogen-bond acceptors (Lipinski definition) is 4. The highest BCUT2D eigenvalue weighted by atomic mass is 15.1. The molecule has 0 atom stereocenters. The van der Waals surface area contributed by atoms with Gasteiger partial charge in [-0.1, -0.05) is 48.6 Å². The third-order valence-electron chi connectivity index (χ3n) is 6.54. The van der Waals surface area contributed by atoms with Crippen molar-refractivity contribution in [1.29, 1.82) is 0 Å². The zero-order valence-electron chi connectivity index (χ0n) is 21.9. The van der Waals surface area contributed by atoms with E-state index in [4.69, 9.17) is 9.97 Å². The Bertz CT molecular complexity index is 1210. The monoisotopic (exact) mass is 476 g/mol. The molecule has 0 saturated carbocycles. The predicted octanol–water partition coefficient (Wildman–Crippen LogP) is 7.66. The van der Waals surface area contributed by atoms with Gasteiger partial charge in [0.25, 0.3) is 0 Å². The van der Waals surface area contributed by atoms with Crippen molar-refractivity contribution in [3.63, 3.8) is 0 Å². The van der Waals surface area contributed by atoms with Crippen molar-refractivity contribution in [3.8, 4) is 0 Å². The molecule has 0 radical (unpaired) electrons. The number of fused-ring (bicyclic) bond motifs is 1. The second-order valence-electron chi connectivity index (χ2n) is 8.68. The zero-order chi connectivity index (χ0) is 25.3. The lowest BCUT2D eigenvalue weighted by molar-refractivity contribution is 0.866. The van der Waals surface area contributed by atoms with Gasteiger partial charge in [0.15, 0.2) is 0 Å². The average Bonchev–Trinajstić information content (AvgIpc) is 2.93. The smallest absolute Gasteiger partial charge is 0.0894 e. The van der Waals surface area contributed by atoms with Crippen LogP contribution in [0.25, 0.3) is 35.3 Å². The van der Waals surface area contributed by atoms with Crippen LogP contribution in [0.15, 0.2) is 72.8 Å². The molecular weight excluding hydrogens is 440 g/mol. The molecule has 1 aromatic heterocycles. The Balaban J connectivity index is 1.62. The second-order valence-corrected chi connectivity index (χ2v) is 8.68. The first-order valence-electron chi connectivity index (χ1n) is 13.0. The molecular formula is C32H36N4. The topological polar surface area (TPSA) is 32.3 Å². The van der Waals surface area contributed by atoms with E-state index in [2.05, 4.69) is 110 Å². The molecule has 0 N–H and O–H groups in total. The number of anilines is 2. The minimum atomic E-state index is 0.859. The third kappa shape index (κ3) is 6.01. The van der Waals surface area contributed by atoms with E-state index in [0.29, 0.717) is 0 Å². The van der Waals surface area contributed by atoms with E-state index in [1.807, 2.05) is 24.3 Å². The first-order valence-corrected chi connectivity index (χ1v) is 13.0. The summed E-state index contributed by atoms with van der Waals surface area (Å²) in [6.07, 6.45) is 8.35. The van der Waals surface area contributed by atoms with Gasteiger partial charge in [0.2, 0.25) is 0 Å². The fourth-order valence-corrected chi connectivity index (χ4v) is 4.39. The molecule has 4 rings (SSSR count). The molecule has 0 aliphatic rings. The number of rotatable bonds is 10. The van der Waals surface area contributed by atoms with Gasteiger partial charge in [-0.05, 0) is 87.4 Å². The Morgan fingerprint density at radius 1 is 0.500 bits per heavy atom. The second kappa shape index (κ2) is 12.2. The van der Waals surface area contributed by atoms with E-state index < -0.39 is 0 Å². The number of aromatic nitrogens is 2. The summed E-state index contributed by atoms with van der Waals surface area (Å²) in [5.74, 6) is 0. The molecule has 0 fully saturated rings. The van der Waals surface area contributed by atoms with Gasteiger partial charge >= 0.3 is 0 Å². The quantitative estimate of drug-likeness (QED) is 0.235. The molecule has 0 amide bonds. The normalized spacial score (nSPS) is 11.6. The lowest BCUT2D eigenvalue weighted by Gasteiger charge is -2.20. The van der Waals surface area contributed by atoms with Crippen molar-refractivity contribution < 1.29 is 0 Å². The highest BCUT2D eigenvalue weighted by Gasteiger charge is 2.06. The summed E-state index contributed by atoms with van der Waals surface area (Å²) in [7, 11) is 0. The fraction of sp³-hybridized carbons (Fsp3) is 0.250. The van der Waals surface area contributed by atoms with Crippen LogP contribution in [0.3, 0.4) is 0 Å². The molecule has 0 aliphatic heterocycles. The Morgan fingerprint density at radius 3 is 1.19 bits per heavy atom. The molecule has 0 aliphatic carbocycles. The minimum Gasteiger partial charge on any atom is -0.372 e. The van der Waals surface area contributed by atoms with Gasteiger partial charge in [-0.2, -0.15) is 0 Å². The first-order chi connectivity index (χ1) is 17.6. The van der Waals surface area contributed by atoms with Crippen molar-refractivity contribution in [2.24, 2.45) is 0 Å². The molecule has 0 unspecified atom stereocenters. The molecule has 0 spiro atoms. The molecule has 36 heavy (non-hydrogen) atoms. The van der Waals surface area contributed by atoms with Crippen LogP contribution >= 0.6 is 0 Å². The number of benzene rings is 3. The van der Waals surface area contributed by atoms with E-state index in [1.54, 1.807) is 0 Å². The largest absolute Gasteiger partial charge is 0.372 e. The van der Waals surface area contributed by atoms with Crippen LogP contribution < -0.4 is 9.80 Å². The fourth-order valence-electron chi connectivity index (χ4n) is 4.39. The molecule has 4 heteroatoms. The summed E-state index contributed by atoms with van der Waals surface area (Å²) in [4.78, 5) is 14.5. The van der Waals surface area contributed by atoms with Gasteiger partial charge in [-0.15, -0.1) is 0 Å². The van der Waals surface area contributed by atoms with Crippen LogP contribution in [0.4, 0.5) is 11.4 Å². The van der Waals surface area contributed by atoms with Crippen molar-refractivity contribution in [1.82, 2.24) is 9.97 Å². The maximum absolute atomic E-state index is 4.92. The van der Waals surface area contributed by atoms with Crippen molar-refractivity contribution in [2.75, 3.05) is 36.0 Å². The summed E-state index contributed by atoms with van der Waals surface area (Å²) >= 11 is 0. The summed E-state index contributed by atoms with van der Waals surface area (Å²) in [6.45, 7) is 12.8. The van der Waals surface area contributed by atoms with Gasteiger partial charge in [-0.25, -0.2) is 9.97 Å². The number of hydrogen-bond donors (Lipinski definition) is 0. The third-order valence-corrected chi connectivity index (χ3v) is 6.54. The minimum absolute atomic E-state index is 0.859. The van der Waals surface area contributed by atoms with Crippen molar-refractivity contribution in [3.05, 3.63) is 95.3 Å². The molecule has 4 nitrogen and oxygen atoms in total. The van der Waals surface area contributed by atoms with Gasteiger partial charge in [0.1, 0.15) is 0 Å². The molecule has 184 valence electrons. The Labute approximate surface area is 215 Å². The Hall–Kier alpha value is -3.92. The standard InChI is InChI=1S/C32H36N4/c1-5-35(6-2)27-19-13-25(14-20-27)17-23-31-32(34-30-12-10-9-11-29(30)33-31)24-18-26-15-21-28(22-16-26)36(7-3)8-4/h9-24H,5-8H2,1-4H3/b23-17+,24-18+. The van der Waals surface area contributed by atoms with Crippen LogP contribution in [0.2, 0.25) is 0 Å². The molecule has 0 saturated heterocycles.